The third-order valence-corrected chi connectivity index (χ3v) is 6.48. The number of hydrogen-bond donors (Lipinski definition) is 1. The summed E-state index contributed by atoms with van der Waals surface area (Å²) in [5.74, 6) is 0.502. The molecule has 1 aromatic carbocycles. The Morgan fingerprint density at radius 1 is 1.17 bits per heavy atom. The van der Waals surface area contributed by atoms with Crippen molar-refractivity contribution >= 4 is 22.4 Å². The minimum Gasteiger partial charge on any atom is -0.368 e. The van der Waals surface area contributed by atoms with Crippen LogP contribution in [0.5, 0.6) is 0 Å². The van der Waals surface area contributed by atoms with Gasteiger partial charge >= 0.3 is 0 Å². The van der Waals surface area contributed by atoms with Crippen LogP contribution in [0.25, 0.3) is 0 Å². The molecule has 1 saturated heterocycles. The summed E-state index contributed by atoms with van der Waals surface area (Å²) in [5, 5.41) is 3.26. The lowest BCUT2D eigenvalue weighted by molar-refractivity contribution is -0.124. The van der Waals surface area contributed by atoms with E-state index in [2.05, 4.69) is 5.32 Å². The largest absolute Gasteiger partial charge is 0.368 e. The quantitative estimate of drug-likeness (QED) is 0.897. The fraction of sp³-hybridized carbons (Fsp3) is 0.611. The van der Waals surface area contributed by atoms with Gasteiger partial charge in [0.25, 0.3) is 5.91 Å². The van der Waals surface area contributed by atoms with Crippen LogP contribution < -0.4 is 5.32 Å². The van der Waals surface area contributed by atoms with E-state index in [0.717, 1.165) is 36.9 Å². The van der Waals surface area contributed by atoms with Crippen LogP contribution in [-0.2, 0) is 26.1 Å². The minimum absolute atomic E-state index is 0.0759. The molecular formula is C18H25NO3S. The highest BCUT2D eigenvalue weighted by molar-refractivity contribution is 7.84. The Morgan fingerprint density at radius 2 is 2.00 bits per heavy atom. The van der Waals surface area contributed by atoms with Crippen molar-refractivity contribution in [2.75, 3.05) is 11.9 Å². The number of anilines is 1. The maximum absolute atomic E-state index is 12.5. The number of rotatable bonds is 5. The highest BCUT2D eigenvalue weighted by Crippen LogP contribution is 2.24. The molecule has 23 heavy (non-hydrogen) atoms. The van der Waals surface area contributed by atoms with Crippen LogP contribution in [-0.4, -0.2) is 28.1 Å². The molecule has 0 bridgehead atoms. The van der Waals surface area contributed by atoms with Crippen molar-refractivity contribution in [2.24, 2.45) is 0 Å². The van der Waals surface area contributed by atoms with E-state index in [1.807, 2.05) is 24.3 Å². The van der Waals surface area contributed by atoms with Gasteiger partial charge in [0, 0.05) is 34.1 Å². The number of nitrogens with one attached hydrogen (secondary N) is 1. The van der Waals surface area contributed by atoms with Crippen LogP contribution >= 0.6 is 0 Å². The number of amides is 1. The highest BCUT2D eigenvalue weighted by Gasteiger charge is 2.24. The first-order valence-corrected chi connectivity index (χ1v) is 9.99. The molecule has 126 valence electrons. The van der Waals surface area contributed by atoms with Gasteiger partial charge in [-0.25, -0.2) is 0 Å². The summed E-state index contributed by atoms with van der Waals surface area (Å²) < 4.78 is 17.9. The smallest absolute Gasteiger partial charge is 0.253 e. The number of carbonyl (C=O) groups is 1. The lowest BCUT2D eigenvalue weighted by Gasteiger charge is -2.21. The predicted octanol–water partition coefficient (Wildman–Crippen LogP) is 3.39. The van der Waals surface area contributed by atoms with Gasteiger partial charge in [0.1, 0.15) is 6.10 Å². The van der Waals surface area contributed by atoms with Crippen molar-refractivity contribution in [1.29, 1.82) is 0 Å². The van der Waals surface area contributed by atoms with Gasteiger partial charge in [-0.05, 0) is 43.4 Å². The zero-order valence-corrected chi connectivity index (χ0v) is 14.3. The molecule has 1 aromatic rings. The molecule has 0 radical (unpaired) electrons. The summed E-state index contributed by atoms with van der Waals surface area (Å²) in [6.07, 6.45) is 7.26. The second-order valence-electron chi connectivity index (χ2n) is 6.48. The predicted molar refractivity (Wildman–Crippen MR) is 92.8 cm³/mol. The molecule has 1 heterocycles. The number of ether oxygens (including phenoxy) is 1. The topological polar surface area (TPSA) is 55.4 Å². The summed E-state index contributed by atoms with van der Waals surface area (Å²) in [4.78, 5) is 12.1. The Hall–Kier alpha value is -1.20. The molecule has 1 amide bonds. The van der Waals surface area contributed by atoms with E-state index in [0.29, 0.717) is 17.6 Å². The maximum atomic E-state index is 12.5. The number of hydrogen-bond acceptors (Lipinski definition) is 3. The van der Waals surface area contributed by atoms with E-state index < -0.39 is 10.8 Å². The van der Waals surface area contributed by atoms with Crippen LogP contribution in [0.1, 0.15) is 50.5 Å². The molecule has 0 spiro atoms. The molecule has 1 saturated carbocycles. The van der Waals surface area contributed by atoms with Crippen LogP contribution in [0, 0.1) is 0 Å². The molecule has 1 N–H and O–H groups in total. The van der Waals surface area contributed by atoms with Gasteiger partial charge in [-0.3, -0.25) is 9.00 Å². The van der Waals surface area contributed by atoms with Crippen molar-refractivity contribution in [1.82, 2.24) is 0 Å². The van der Waals surface area contributed by atoms with Crippen molar-refractivity contribution in [3.8, 4) is 0 Å². The summed E-state index contributed by atoms with van der Waals surface area (Å²) >= 11 is 0. The van der Waals surface area contributed by atoms with Crippen molar-refractivity contribution in [3.63, 3.8) is 0 Å². The van der Waals surface area contributed by atoms with Gasteiger partial charge in [-0.2, -0.15) is 0 Å². The molecule has 1 aliphatic heterocycles. The molecule has 1 aliphatic carbocycles. The Bertz CT molecular complexity index is 563. The number of carbonyl (C=O) groups excluding carboxylic acids is 1. The Balaban J connectivity index is 1.58. The van der Waals surface area contributed by atoms with Crippen LogP contribution in [0.15, 0.2) is 24.3 Å². The highest BCUT2D eigenvalue weighted by atomic mass is 32.2. The molecule has 0 aromatic heterocycles. The standard InChI is InChI=1S/C18H25NO3S/c20-18(17-10-5-11-22-17)19-15-7-4-6-14(12-15)13-23(21)16-8-2-1-3-9-16/h4,6-7,12,16-17H,1-3,5,8-11,13H2,(H,19,20)/t17-,23-/m1/s1. The summed E-state index contributed by atoms with van der Waals surface area (Å²) in [6.45, 7) is 0.665. The molecule has 2 fully saturated rings. The van der Waals surface area contributed by atoms with Crippen molar-refractivity contribution in [3.05, 3.63) is 29.8 Å². The van der Waals surface area contributed by atoms with E-state index >= 15 is 0 Å². The van der Waals surface area contributed by atoms with E-state index in [1.54, 1.807) is 0 Å². The average Bonchev–Trinajstić information content (AvgIpc) is 3.10. The molecule has 0 unspecified atom stereocenters. The second-order valence-corrected chi connectivity index (χ2v) is 8.19. The van der Waals surface area contributed by atoms with Gasteiger partial charge in [0.05, 0.1) is 0 Å². The zero-order chi connectivity index (χ0) is 16.1. The third kappa shape index (κ3) is 4.64. The summed E-state index contributed by atoms with van der Waals surface area (Å²) in [6, 6.07) is 7.72. The summed E-state index contributed by atoms with van der Waals surface area (Å²) in [5.41, 5.74) is 1.79. The fourth-order valence-electron chi connectivity index (χ4n) is 3.36. The molecule has 5 heteroatoms. The normalized spacial score (nSPS) is 23.6. The van der Waals surface area contributed by atoms with Crippen LogP contribution in [0.3, 0.4) is 0 Å². The third-order valence-electron chi connectivity index (χ3n) is 4.65. The van der Waals surface area contributed by atoms with Crippen LogP contribution in [0.4, 0.5) is 5.69 Å². The first-order valence-electron chi connectivity index (χ1n) is 8.61. The Kier molecular flexibility index (Phi) is 5.84. The maximum Gasteiger partial charge on any atom is 0.253 e. The summed E-state index contributed by atoms with van der Waals surface area (Å²) in [7, 11) is -0.818. The van der Waals surface area contributed by atoms with Gasteiger partial charge in [0.15, 0.2) is 0 Å². The molecule has 2 aliphatic rings. The van der Waals surface area contributed by atoms with E-state index in [4.69, 9.17) is 4.74 Å². The minimum atomic E-state index is -0.818. The average molecular weight is 335 g/mol. The van der Waals surface area contributed by atoms with Crippen LogP contribution in [0.2, 0.25) is 0 Å². The lowest BCUT2D eigenvalue weighted by atomic mass is 10.0. The van der Waals surface area contributed by atoms with Gasteiger partial charge in [-0.15, -0.1) is 0 Å². The molecular weight excluding hydrogens is 310 g/mol. The van der Waals surface area contributed by atoms with Crippen molar-refractivity contribution in [2.45, 2.75) is 62.1 Å². The van der Waals surface area contributed by atoms with Gasteiger partial charge < -0.3 is 10.1 Å². The van der Waals surface area contributed by atoms with E-state index in [9.17, 15) is 9.00 Å². The van der Waals surface area contributed by atoms with Gasteiger partial charge in [0.2, 0.25) is 0 Å². The SMILES string of the molecule is O=C(Nc1cccc(C[S@@](=O)C2CCCCC2)c1)[C@H]1CCCO1. The Morgan fingerprint density at radius 3 is 2.74 bits per heavy atom. The molecule has 3 rings (SSSR count). The zero-order valence-electron chi connectivity index (χ0n) is 13.5. The monoisotopic (exact) mass is 335 g/mol. The molecule has 4 nitrogen and oxygen atoms in total. The fourth-order valence-corrected chi connectivity index (χ4v) is 4.96. The van der Waals surface area contributed by atoms with Crippen molar-refractivity contribution < 1.29 is 13.7 Å². The number of benzene rings is 1. The first-order chi connectivity index (χ1) is 11.2. The molecule has 2 atom stereocenters. The first kappa shape index (κ1) is 16.7. The second kappa shape index (κ2) is 8.06. The van der Waals surface area contributed by atoms with E-state index in [-0.39, 0.29) is 12.0 Å². The Labute approximate surface area is 140 Å². The lowest BCUT2D eigenvalue weighted by Crippen LogP contribution is -2.26. The van der Waals surface area contributed by atoms with Gasteiger partial charge in [-0.1, -0.05) is 31.4 Å². The van der Waals surface area contributed by atoms with E-state index in [1.165, 1.54) is 19.3 Å².